The molecule has 170 valence electrons. The third-order valence-corrected chi connectivity index (χ3v) is 6.90. The molecule has 0 saturated heterocycles. The van der Waals surface area contributed by atoms with Crippen LogP contribution in [0, 0.1) is 5.92 Å². The number of amides is 1. The quantitative estimate of drug-likeness (QED) is 0.523. The number of aryl methyl sites for hydroxylation is 1. The summed E-state index contributed by atoms with van der Waals surface area (Å²) in [6.07, 6.45) is 4.14. The van der Waals surface area contributed by atoms with Crippen LogP contribution in [-0.2, 0) is 28.4 Å². The zero-order valence-corrected chi connectivity index (χ0v) is 20.0. The summed E-state index contributed by atoms with van der Waals surface area (Å²) >= 11 is 0. The monoisotopic (exact) mass is 445 g/mol. The van der Waals surface area contributed by atoms with E-state index in [0.29, 0.717) is 19.5 Å². The van der Waals surface area contributed by atoms with Gasteiger partial charge in [0, 0.05) is 36.9 Å². The summed E-state index contributed by atoms with van der Waals surface area (Å²) in [6.45, 7) is 8.72. The zero-order valence-electron chi connectivity index (χ0n) is 19.2. The molecule has 7 heteroatoms. The van der Waals surface area contributed by atoms with E-state index in [1.807, 2.05) is 74.1 Å². The van der Waals surface area contributed by atoms with E-state index in [9.17, 15) is 13.2 Å². The summed E-state index contributed by atoms with van der Waals surface area (Å²) in [5.41, 5.74) is 1.81. The first kappa shape index (κ1) is 24.9. The van der Waals surface area contributed by atoms with Gasteiger partial charge >= 0.3 is 0 Å². The first-order valence-electron chi connectivity index (χ1n) is 10.8. The maximum Gasteiger partial charge on any atom is 0.238 e. The Morgan fingerprint density at radius 1 is 1.10 bits per heavy atom. The molecule has 2 aromatic rings. The lowest BCUT2D eigenvalue weighted by atomic mass is 10.2. The van der Waals surface area contributed by atoms with Crippen LogP contribution in [0.2, 0.25) is 0 Å². The van der Waals surface area contributed by atoms with E-state index in [1.165, 1.54) is 9.71 Å². The third-order valence-electron chi connectivity index (χ3n) is 5.27. The van der Waals surface area contributed by atoms with Crippen molar-refractivity contribution in [2.24, 2.45) is 13.0 Å². The minimum Gasteiger partial charge on any atom is -0.353 e. The summed E-state index contributed by atoms with van der Waals surface area (Å²) in [5, 5.41) is 1.20. The predicted octanol–water partition coefficient (Wildman–Crippen LogP) is 4.11. The van der Waals surface area contributed by atoms with E-state index in [2.05, 4.69) is 13.8 Å². The van der Waals surface area contributed by atoms with Crippen molar-refractivity contribution in [3.8, 4) is 0 Å². The Morgan fingerprint density at radius 3 is 2.32 bits per heavy atom. The van der Waals surface area contributed by atoms with Crippen LogP contribution in [-0.4, -0.2) is 47.2 Å². The topological polar surface area (TPSA) is 62.6 Å². The van der Waals surface area contributed by atoms with Gasteiger partial charge in [-0.1, -0.05) is 51.1 Å². The van der Waals surface area contributed by atoms with Gasteiger partial charge in [0.15, 0.2) is 0 Å². The van der Waals surface area contributed by atoms with Crippen LogP contribution in [0.15, 0.2) is 54.1 Å². The first-order valence-corrected chi connectivity index (χ1v) is 12.3. The van der Waals surface area contributed by atoms with Gasteiger partial charge < -0.3 is 9.47 Å². The lowest BCUT2D eigenvalue weighted by Gasteiger charge is -2.30. The largest absolute Gasteiger partial charge is 0.353 e. The second-order valence-corrected chi connectivity index (χ2v) is 10.1. The summed E-state index contributed by atoms with van der Waals surface area (Å²) in [7, 11) is -1.82. The molecular weight excluding hydrogens is 410 g/mol. The van der Waals surface area contributed by atoms with Crippen molar-refractivity contribution in [1.29, 1.82) is 0 Å². The number of nitrogens with zero attached hydrogens (tertiary/aromatic N) is 3. The van der Waals surface area contributed by atoms with Crippen LogP contribution in [0.4, 0.5) is 0 Å². The highest BCUT2D eigenvalue weighted by Crippen LogP contribution is 2.16. The second kappa shape index (κ2) is 11.3. The molecule has 0 fully saturated rings. The van der Waals surface area contributed by atoms with Crippen LogP contribution in [0.5, 0.6) is 0 Å². The molecule has 1 amide bonds. The molecule has 0 spiro atoms. The maximum absolute atomic E-state index is 13.3. The van der Waals surface area contributed by atoms with E-state index in [4.69, 9.17) is 0 Å². The number of sulfonamides is 1. The molecule has 1 heterocycles. The van der Waals surface area contributed by atoms with Crippen molar-refractivity contribution in [1.82, 2.24) is 13.8 Å². The predicted molar refractivity (Wildman–Crippen MR) is 127 cm³/mol. The third kappa shape index (κ3) is 7.36. The van der Waals surface area contributed by atoms with Crippen molar-refractivity contribution < 1.29 is 13.2 Å². The van der Waals surface area contributed by atoms with Crippen LogP contribution in [0.1, 0.15) is 45.4 Å². The Balaban J connectivity index is 2.24. The summed E-state index contributed by atoms with van der Waals surface area (Å²) in [5.74, 6) is 0.0859. The highest BCUT2D eigenvalue weighted by Gasteiger charge is 2.29. The Bertz CT molecular complexity index is 965. The van der Waals surface area contributed by atoms with Crippen LogP contribution in [0.25, 0.3) is 6.08 Å². The van der Waals surface area contributed by atoms with Crippen molar-refractivity contribution in [3.05, 3.63) is 65.3 Å². The maximum atomic E-state index is 13.3. The van der Waals surface area contributed by atoms with Gasteiger partial charge in [-0.15, -0.1) is 0 Å². The second-order valence-electron chi connectivity index (χ2n) is 8.34. The molecule has 2 rings (SSSR count). The van der Waals surface area contributed by atoms with E-state index < -0.39 is 10.0 Å². The number of benzene rings is 1. The van der Waals surface area contributed by atoms with E-state index in [0.717, 1.165) is 11.3 Å². The van der Waals surface area contributed by atoms with Crippen LogP contribution >= 0.6 is 0 Å². The van der Waals surface area contributed by atoms with Gasteiger partial charge in [0.25, 0.3) is 0 Å². The first-order chi connectivity index (χ1) is 14.6. The fraction of sp³-hybridized carbons (Fsp3) is 0.458. The number of aromatic nitrogens is 1. The molecule has 0 aliphatic carbocycles. The normalized spacial score (nSPS) is 13.3. The molecule has 0 N–H and O–H groups in total. The van der Waals surface area contributed by atoms with E-state index >= 15 is 0 Å². The smallest absolute Gasteiger partial charge is 0.238 e. The average molecular weight is 446 g/mol. The summed E-state index contributed by atoms with van der Waals surface area (Å²) in [4.78, 5) is 15.0. The van der Waals surface area contributed by atoms with Gasteiger partial charge in [0.1, 0.15) is 0 Å². The molecule has 0 saturated carbocycles. The number of carbonyl (C=O) groups is 1. The summed E-state index contributed by atoms with van der Waals surface area (Å²) in [6, 6.07) is 12.9. The molecule has 31 heavy (non-hydrogen) atoms. The van der Waals surface area contributed by atoms with Gasteiger partial charge in [0.2, 0.25) is 15.9 Å². The number of rotatable bonds is 11. The van der Waals surface area contributed by atoms with Gasteiger partial charge in [-0.3, -0.25) is 4.79 Å². The summed E-state index contributed by atoms with van der Waals surface area (Å²) < 4.78 is 29.5. The van der Waals surface area contributed by atoms with Gasteiger partial charge in [-0.05, 0) is 43.0 Å². The van der Waals surface area contributed by atoms with Crippen LogP contribution < -0.4 is 0 Å². The standard InChI is InChI=1S/C24H35N3O3S/c1-6-21(4)27(31(29,30)16-14-22-11-8-7-9-12-22)19-24(28)26(17-20(2)3)18-23-13-10-15-25(23)5/h7-16,20-21H,6,17-19H2,1-5H3/b16-14+. The Kier molecular flexibility index (Phi) is 9.07. The number of hydrogen-bond donors (Lipinski definition) is 0. The molecule has 0 aliphatic rings. The van der Waals surface area contributed by atoms with Gasteiger partial charge in [-0.25, -0.2) is 8.42 Å². The van der Waals surface area contributed by atoms with E-state index in [-0.39, 0.29) is 24.4 Å². The van der Waals surface area contributed by atoms with Crippen molar-refractivity contribution in [3.63, 3.8) is 0 Å². The molecule has 1 atom stereocenters. The highest BCUT2D eigenvalue weighted by molar-refractivity contribution is 7.92. The minimum atomic E-state index is -3.76. The fourth-order valence-corrected chi connectivity index (χ4v) is 4.72. The fourth-order valence-electron chi connectivity index (χ4n) is 3.29. The number of carbonyl (C=O) groups excluding carboxylic acids is 1. The zero-order chi connectivity index (χ0) is 23.0. The average Bonchev–Trinajstić information content (AvgIpc) is 3.14. The molecular formula is C24H35N3O3S. The minimum absolute atomic E-state index is 0.173. The SMILES string of the molecule is CCC(C)N(CC(=O)N(Cc1cccn1C)CC(C)C)S(=O)(=O)/C=C/c1ccccc1. The van der Waals surface area contributed by atoms with Crippen molar-refractivity contribution in [2.75, 3.05) is 13.1 Å². The Morgan fingerprint density at radius 2 is 1.77 bits per heavy atom. The lowest BCUT2D eigenvalue weighted by molar-refractivity contribution is -0.133. The molecule has 0 bridgehead atoms. The van der Waals surface area contributed by atoms with Crippen molar-refractivity contribution >= 4 is 22.0 Å². The molecule has 6 nitrogen and oxygen atoms in total. The molecule has 1 aromatic carbocycles. The van der Waals surface area contributed by atoms with Gasteiger partial charge in [0.05, 0.1) is 13.1 Å². The van der Waals surface area contributed by atoms with E-state index in [1.54, 1.807) is 11.0 Å². The van der Waals surface area contributed by atoms with Gasteiger partial charge in [-0.2, -0.15) is 4.31 Å². The Hall–Kier alpha value is -2.38. The van der Waals surface area contributed by atoms with Crippen LogP contribution in [0.3, 0.4) is 0 Å². The molecule has 0 aliphatic heterocycles. The van der Waals surface area contributed by atoms with Crippen molar-refractivity contribution in [2.45, 2.75) is 46.7 Å². The Labute approximate surface area is 187 Å². The highest BCUT2D eigenvalue weighted by atomic mass is 32.2. The molecule has 0 radical (unpaired) electrons. The molecule has 1 aromatic heterocycles. The lowest BCUT2D eigenvalue weighted by Crippen LogP contribution is -2.46. The number of hydrogen-bond acceptors (Lipinski definition) is 3. The molecule has 1 unspecified atom stereocenters.